The molecule has 1 saturated heterocycles. The minimum Gasteiger partial charge on any atom is -0.379 e. The Bertz CT molecular complexity index is 1020. The Kier molecular flexibility index (Phi) is 6.03. The number of hydrogen-bond donors (Lipinski definition) is 0. The van der Waals surface area contributed by atoms with E-state index >= 15 is 0 Å². The topological polar surface area (TPSA) is 81.4 Å². The third-order valence-corrected chi connectivity index (χ3v) is 6.08. The van der Waals surface area contributed by atoms with Crippen molar-refractivity contribution < 1.29 is 9.66 Å². The minimum atomic E-state index is -0.360. The molecule has 4 rings (SSSR count). The van der Waals surface area contributed by atoms with Gasteiger partial charge in [0.25, 0.3) is 5.69 Å². The van der Waals surface area contributed by atoms with E-state index in [1.165, 1.54) is 6.07 Å². The fourth-order valence-electron chi connectivity index (χ4n) is 3.34. The highest BCUT2D eigenvalue weighted by Gasteiger charge is 2.18. The van der Waals surface area contributed by atoms with Crippen LogP contribution in [0.2, 0.25) is 0 Å². The third-order valence-electron chi connectivity index (χ3n) is 4.92. The van der Waals surface area contributed by atoms with E-state index in [1.807, 2.05) is 37.3 Å². The number of nitro groups is 1. The van der Waals surface area contributed by atoms with Crippen LogP contribution in [0.25, 0.3) is 10.9 Å². The van der Waals surface area contributed by atoms with E-state index in [9.17, 15) is 10.1 Å². The summed E-state index contributed by atoms with van der Waals surface area (Å²) in [5.74, 6) is 0.791. The summed E-state index contributed by atoms with van der Waals surface area (Å²) in [6.07, 6.45) is 0. The van der Waals surface area contributed by atoms with Gasteiger partial charge in [0.05, 0.1) is 30.2 Å². The van der Waals surface area contributed by atoms with Gasteiger partial charge in [0.1, 0.15) is 10.9 Å². The monoisotopic (exact) mass is 410 g/mol. The number of aromatic nitrogens is 2. The first-order valence-corrected chi connectivity index (χ1v) is 10.4. The Balaban J connectivity index is 1.63. The third kappa shape index (κ3) is 4.72. The van der Waals surface area contributed by atoms with Gasteiger partial charge in [-0.3, -0.25) is 15.0 Å². The summed E-state index contributed by atoms with van der Waals surface area (Å²) in [6.45, 7) is 5.96. The zero-order valence-corrected chi connectivity index (χ0v) is 17.0. The number of nitro benzene ring substituents is 1. The van der Waals surface area contributed by atoms with Crippen LogP contribution in [0.5, 0.6) is 0 Å². The average Bonchev–Trinajstić information content (AvgIpc) is 2.74. The average molecular weight is 410 g/mol. The van der Waals surface area contributed by atoms with Crippen LogP contribution in [0.15, 0.2) is 53.6 Å². The van der Waals surface area contributed by atoms with E-state index < -0.39 is 0 Å². The van der Waals surface area contributed by atoms with Gasteiger partial charge in [-0.1, -0.05) is 42.1 Å². The normalized spacial score (nSPS) is 16.0. The molecule has 7 nitrogen and oxygen atoms in total. The molecule has 8 heteroatoms. The van der Waals surface area contributed by atoms with Crippen molar-refractivity contribution >= 4 is 28.4 Å². The Morgan fingerprint density at radius 3 is 2.76 bits per heavy atom. The van der Waals surface area contributed by atoms with Gasteiger partial charge in [-0.15, -0.1) is 0 Å². The summed E-state index contributed by atoms with van der Waals surface area (Å²) in [5.41, 5.74) is 1.93. The van der Waals surface area contributed by atoms with Crippen LogP contribution >= 0.6 is 11.8 Å². The molecule has 3 aromatic rings. The molecule has 0 aliphatic carbocycles. The van der Waals surface area contributed by atoms with Gasteiger partial charge in [0, 0.05) is 35.9 Å². The molecule has 2 heterocycles. The van der Waals surface area contributed by atoms with Crippen molar-refractivity contribution in [3.05, 3.63) is 70.0 Å². The summed E-state index contributed by atoms with van der Waals surface area (Å²) in [5, 5.41) is 13.0. The minimum absolute atomic E-state index is 0.0180. The van der Waals surface area contributed by atoms with Crippen LogP contribution in [0.4, 0.5) is 5.69 Å². The quantitative estimate of drug-likeness (QED) is 0.260. The summed E-state index contributed by atoms with van der Waals surface area (Å²) >= 11 is 1.61. The fourth-order valence-corrected chi connectivity index (χ4v) is 4.42. The maximum absolute atomic E-state index is 11.1. The standard InChI is InChI=1S/C21H22N4O3S/c1-15(16-5-4-6-17(13-16)25(26)27)29-21-18-7-2-3-8-19(18)22-20(23-21)14-24-9-11-28-12-10-24/h2-8,13,15H,9-12,14H2,1H3/t15-/m0/s1. The Hall–Kier alpha value is -2.55. The molecule has 150 valence electrons. The van der Waals surface area contributed by atoms with E-state index in [0.29, 0.717) is 6.54 Å². The molecule has 0 spiro atoms. The van der Waals surface area contributed by atoms with E-state index in [-0.39, 0.29) is 15.9 Å². The van der Waals surface area contributed by atoms with Crippen LogP contribution in [0.3, 0.4) is 0 Å². The van der Waals surface area contributed by atoms with E-state index in [1.54, 1.807) is 23.9 Å². The molecular weight excluding hydrogens is 388 g/mol. The summed E-state index contributed by atoms with van der Waals surface area (Å²) in [6, 6.07) is 14.8. The zero-order valence-electron chi connectivity index (χ0n) is 16.2. The van der Waals surface area contributed by atoms with Crippen LogP contribution in [-0.2, 0) is 11.3 Å². The van der Waals surface area contributed by atoms with Crippen LogP contribution in [-0.4, -0.2) is 46.1 Å². The molecule has 1 fully saturated rings. The van der Waals surface area contributed by atoms with Gasteiger partial charge < -0.3 is 4.74 Å². The van der Waals surface area contributed by atoms with Crippen molar-refractivity contribution in [2.45, 2.75) is 23.7 Å². The second-order valence-corrected chi connectivity index (χ2v) is 8.29. The van der Waals surface area contributed by atoms with Crippen molar-refractivity contribution in [3.8, 4) is 0 Å². The first-order chi connectivity index (χ1) is 14.1. The van der Waals surface area contributed by atoms with Crippen LogP contribution in [0.1, 0.15) is 23.6 Å². The number of hydrogen-bond acceptors (Lipinski definition) is 7. The summed E-state index contributed by atoms with van der Waals surface area (Å²) in [4.78, 5) is 22.6. The molecule has 1 atom stereocenters. The lowest BCUT2D eigenvalue weighted by atomic mass is 10.1. The molecule has 0 bridgehead atoms. The number of thioether (sulfide) groups is 1. The Labute approximate surface area is 173 Å². The molecular formula is C21H22N4O3S. The number of morpholine rings is 1. The SMILES string of the molecule is C[C@H](Sc1nc(CN2CCOCC2)nc2ccccc12)c1cccc([N+](=O)[O-])c1. The number of non-ortho nitro benzene ring substituents is 1. The van der Waals surface area contributed by atoms with E-state index in [2.05, 4.69) is 4.90 Å². The number of benzene rings is 2. The molecule has 0 radical (unpaired) electrons. The Morgan fingerprint density at radius 2 is 1.97 bits per heavy atom. The summed E-state index contributed by atoms with van der Waals surface area (Å²) < 4.78 is 5.42. The predicted molar refractivity (Wildman–Crippen MR) is 113 cm³/mol. The van der Waals surface area contributed by atoms with Gasteiger partial charge in [0.2, 0.25) is 0 Å². The number of fused-ring (bicyclic) bond motifs is 1. The largest absolute Gasteiger partial charge is 0.379 e. The van der Waals surface area contributed by atoms with Crippen LogP contribution < -0.4 is 0 Å². The van der Waals surface area contributed by atoms with Crippen molar-refractivity contribution in [1.29, 1.82) is 0 Å². The smallest absolute Gasteiger partial charge is 0.269 e. The van der Waals surface area contributed by atoms with Crippen LogP contribution in [0, 0.1) is 10.1 Å². The molecule has 2 aromatic carbocycles. The van der Waals surface area contributed by atoms with Gasteiger partial charge in [-0.05, 0) is 18.6 Å². The first kappa shape index (κ1) is 19.8. The highest BCUT2D eigenvalue weighted by Crippen LogP contribution is 2.38. The molecule has 1 aliphatic rings. The Morgan fingerprint density at radius 1 is 1.17 bits per heavy atom. The van der Waals surface area contributed by atoms with Crippen molar-refractivity contribution in [3.63, 3.8) is 0 Å². The lowest BCUT2D eigenvalue weighted by Crippen LogP contribution is -2.36. The van der Waals surface area contributed by atoms with Crippen molar-refractivity contribution in [2.24, 2.45) is 0 Å². The maximum atomic E-state index is 11.1. The summed E-state index contributed by atoms with van der Waals surface area (Å²) in [7, 11) is 0. The molecule has 1 aliphatic heterocycles. The molecule has 0 saturated carbocycles. The molecule has 0 unspecified atom stereocenters. The molecule has 0 N–H and O–H groups in total. The second-order valence-electron chi connectivity index (χ2n) is 6.96. The van der Waals surface area contributed by atoms with E-state index in [4.69, 9.17) is 14.7 Å². The zero-order chi connectivity index (χ0) is 20.2. The lowest BCUT2D eigenvalue weighted by Gasteiger charge is -2.26. The maximum Gasteiger partial charge on any atom is 0.269 e. The number of nitrogens with zero attached hydrogens (tertiary/aromatic N) is 4. The molecule has 1 aromatic heterocycles. The lowest BCUT2D eigenvalue weighted by molar-refractivity contribution is -0.384. The molecule has 29 heavy (non-hydrogen) atoms. The van der Waals surface area contributed by atoms with Crippen molar-refractivity contribution in [1.82, 2.24) is 14.9 Å². The van der Waals surface area contributed by atoms with Crippen molar-refractivity contribution in [2.75, 3.05) is 26.3 Å². The van der Waals surface area contributed by atoms with Gasteiger partial charge in [-0.25, -0.2) is 9.97 Å². The predicted octanol–water partition coefficient (Wildman–Crippen LogP) is 4.22. The first-order valence-electron chi connectivity index (χ1n) is 9.57. The fraction of sp³-hybridized carbons (Fsp3) is 0.333. The van der Waals surface area contributed by atoms with Gasteiger partial charge in [-0.2, -0.15) is 0 Å². The number of para-hydroxylation sites is 1. The number of ether oxygens (including phenoxy) is 1. The highest BCUT2D eigenvalue weighted by atomic mass is 32.2. The van der Waals surface area contributed by atoms with Gasteiger partial charge >= 0.3 is 0 Å². The van der Waals surface area contributed by atoms with Gasteiger partial charge in [0.15, 0.2) is 0 Å². The van der Waals surface area contributed by atoms with E-state index in [0.717, 1.165) is 53.6 Å². The second kappa shape index (κ2) is 8.86. The molecule has 0 amide bonds. The highest BCUT2D eigenvalue weighted by molar-refractivity contribution is 7.99. The number of rotatable bonds is 6.